The van der Waals surface area contributed by atoms with E-state index in [4.69, 9.17) is 35.5 Å². The maximum absolute atomic E-state index is 13.2. The lowest BCUT2D eigenvalue weighted by molar-refractivity contribution is 0.0934. The van der Waals surface area contributed by atoms with Crippen molar-refractivity contribution in [2.45, 2.75) is 19.5 Å². The molecule has 11 heteroatoms. The quantitative estimate of drug-likeness (QED) is 0.351. The average Bonchev–Trinajstić information content (AvgIpc) is 2.95. The van der Waals surface area contributed by atoms with Gasteiger partial charge in [-0.1, -0.05) is 29.8 Å². The number of rotatable bonds is 11. The van der Waals surface area contributed by atoms with E-state index < -0.39 is 0 Å². The van der Waals surface area contributed by atoms with Crippen LogP contribution in [0.2, 0.25) is 5.02 Å². The third-order valence-electron chi connectivity index (χ3n) is 6.29. The van der Waals surface area contributed by atoms with Gasteiger partial charge in [-0.05, 0) is 35.7 Å². The Balaban J connectivity index is 1.68. The van der Waals surface area contributed by atoms with Crippen molar-refractivity contribution in [3.8, 4) is 17.4 Å². The summed E-state index contributed by atoms with van der Waals surface area (Å²) >= 11 is 6.31. The molecule has 38 heavy (non-hydrogen) atoms. The molecule has 0 saturated carbocycles. The van der Waals surface area contributed by atoms with Crippen LogP contribution < -0.4 is 29.7 Å². The normalized spacial score (nSPS) is 12.5. The van der Waals surface area contributed by atoms with Crippen molar-refractivity contribution in [2.24, 2.45) is 0 Å². The largest absolute Gasteiger partial charge is 0.496 e. The van der Waals surface area contributed by atoms with Gasteiger partial charge in [-0.2, -0.15) is 9.97 Å². The van der Waals surface area contributed by atoms with Gasteiger partial charge in [0.15, 0.2) is 0 Å². The summed E-state index contributed by atoms with van der Waals surface area (Å²) in [6.45, 7) is 2.33. The van der Waals surface area contributed by atoms with E-state index in [0.717, 1.165) is 23.3 Å². The molecule has 0 saturated heterocycles. The van der Waals surface area contributed by atoms with Crippen LogP contribution in [0.5, 0.6) is 17.4 Å². The van der Waals surface area contributed by atoms with Crippen LogP contribution in [-0.4, -0.2) is 64.0 Å². The molecule has 0 radical (unpaired) electrons. The summed E-state index contributed by atoms with van der Waals surface area (Å²) in [5.41, 5.74) is 3.42. The highest BCUT2D eigenvalue weighted by Gasteiger charge is 2.27. The average molecular weight is 542 g/mol. The molecule has 0 unspecified atom stereocenters. The SMILES string of the molecule is COCCNC(=O)c1c(NCc2ccc(OC)c(Cl)c2)nc(N2CCc3cccc(OC)c3C2)nc1OC. The zero-order valence-corrected chi connectivity index (χ0v) is 22.7. The van der Waals surface area contributed by atoms with E-state index in [2.05, 4.69) is 26.6 Å². The molecule has 0 bridgehead atoms. The summed E-state index contributed by atoms with van der Waals surface area (Å²) in [5.74, 6) is 2.00. The molecule has 2 N–H and O–H groups in total. The van der Waals surface area contributed by atoms with Gasteiger partial charge in [0, 0.05) is 38.9 Å². The van der Waals surface area contributed by atoms with Crippen LogP contribution in [0, 0.1) is 0 Å². The number of amides is 1. The number of aromatic nitrogens is 2. The standard InChI is InChI=1S/C27H32ClN5O5/c1-35-13-11-29-25(34)23-24(30-15-17-8-9-22(37-3)20(28)14-17)31-27(32-26(23)38-4)33-12-10-18-6-5-7-21(36-2)19(18)16-33/h5-9,14H,10-13,15-16H2,1-4H3,(H,29,34)(H,30,31,32). The third-order valence-corrected chi connectivity index (χ3v) is 6.58. The van der Waals surface area contributed by atoms with Crippen molar-refractivity contribution >= 4 is 29.3 Å². The fourth-order valence-electron chi connectivity index (χ4n) is 4.32. The Kier molecular flexibility index (Phi) is 9.09. The molecule has 10 nitrogen and oxygen atoms in total. The number of nitrogens with one attached hydrogen (secondary N) is 2. The van der Waals surface area contributed by atoms with Crippen LogP contribution in [0.4, 0.5) is 11.8 Å². The summed E-state index contributed by atoms with van der Waals surface area (Å²) in [7, 11) is 6.29. The third kappa shape index (κ3) is 6.03. The van der Waals surface area contributed by atoms with Gasteiger partial charge in [-0.3, -0.25) is 4.79 Å². The van der Waals surface area contributed by atoms with Gasteiger partial charge in [0.25, 0.3) is 5.91 Å². The smallest absolute Gasteiger partial charge is 0.260 e. The van der Waals surface area contributed by atoms with Gasteiger partial charge < -0.3 is 34.5 Å². The van der Waals surface area contributed by atoms with Crippen molar-refractivity contribution in [3.05, 3.63) is 63.7 Å². The van der Waals surface area contributed by atoms with Crippen molar-refractivity contribution in [1.29, 1.82) is 0 Å². The van der Waals surface area contributed by atoms with Crippen molar-refractivity contribution in [1.82, 2.24) is 15.3 Å². The van der Waals surface area contributed by atoms with Gasteiger partial charge in [0.05, 0.1) is 33.0 Å². The molecule has 0 spiro atoms. The van der Waals surface area contributed by atoms with Crippen LogP contribution in [0.1, 0.15) is 27.0 Å². The van der Waals surface area contributed by atoms with Gasteiger partial charge >= 0.3 is 0 Å². The molecule has 1 amide bonds. The number of anilines is 2. The molecule has 3 aromatic rings. The van der Waals surface area contributed by atoms with Crippen molar-refractivity contribution in [2.75, 3.05) is 58.4 Å². The lowest BCUT2D eigenvalue weighted by Gasteiger charge is -2.30. The molecule has 0 aliphatic carbocycles. The number of hydrogen-bond donors (Lipinski definition) is 2. The Morgan fingerprint density at radius 1 is 1.05 bits per heavy atom. The molecule has 0 fully saturated rings. The Morgan fingerprint density at radius 3 is 2.58 bits per heavy atom. The lowest BCUT2D eigenvalue weighted by Crippen LogP contribution is -2.33. The van der Waals surface area contributed by atoms with Crippen LogP contribution in [0.3, 0.4) is 0 Å². The predicted octanol–water partition coefficient (Wildman–Crippen LogP) is 3.71. The zero-order chi connectivity index (χ0) is 27.1. The number of nitrogens with zero attached hydrogens (tertiary/aromatic N) is 3. The first-order valence-electron chi connectivity index (χ1n) is 12.2. The Hall–Kier alpha value is -3.76. The monoisotopic (exact) mass is 541 g/mol. The molecular formula is C27H32ClN5O5. The summed E-state index contributed by atoms with van der Waals surface area (Å²) in [4.78, 5) is 24.6. The van der Waals surface area contributed by atoms with E-state index in [1.807, 2.05) is 18.2 Å². The minimum Gasteiger partial charge on any atom is -0.496 e. The summed E-state index contributed by atoms with van der Waals surface area (Å²) < 4.78 is 21.5. The molecule has 2 aromatic carbocycles. The van der Waals surface area contributed by atoms with Gasteiger partial charge in [-0.15, -0.1) is 0 Å². The number of ether oxygens (including phenoxy) is 4. The van der Waals surface area contributed by atoms with Gasteiger partial charge in [0.2, 0.25) is 11.8 Å². The maximum atomic E-state index is 13.2. The number of fused-ring (bicyclic) bond motifs is 1. The molecule has 202 valence electrons. The van der Waals surface area contributed by atoms with Crippen LogP contribution in [0.15, 0.2) is 36.4 Å². The number of methoxy groups -OCH3 is 4. The zero-order valence-electron chi connectivity index (χ0n) is 22.0. The maximum Gasteiger partial charge on any atom is 0.260 e. The number of hydrogen-bond acceptors (Lipinski definition) is 9. The van der Waals surface area contributed by atoms with Crippen LogP contribution in [0.25, 0.3) is 0 Å². The first kappa shape index (κ1) is 27.3. The van der Waals surface area contributed by atoms with Crippen molar-refractivity contribution < 1.29 is 23.7 Å². The highest BCUT2D eigenvalue weighted by molar-refractivity contribution is 6.32. The van der Waals surface area contributed by atoms with E-state index in [9.17, 15) is 4.79 Å². The number of carbonyl (C=O) groups is 1. The highest BCUT2D eigenvalue weighted by atomic mass is 35.5. The number of carbonyl (C=O) groups excluding carboxylic acids is 1. The van der Waals surface area contributed by atoms with E-state index in [0.29, 0.717) is 55.3 Å². The lowest BCUT2D eigenvalue weighted by atomic mass is 9.99. The summed E-state index contributed by atoms with van der Waals surface area (Å²) in [6, 6.07) is 11.5. The molecule has 1 aliphatic rings. The second-order valence-electron chi connectivity index (χ2n) is 8.60. The Labute approximate surface area is 227 Å². The topological polar surface area (TPSA) is 107 Å². The minimum absolute atomic E-state index is 0.172. The first-order chi connectivity index (χ1) is 18.5. The minimum atomic E-state index is -0.369. The summed E-state index contributed by atoms with van der Waals surface area (Å²) in [5, 5.41) is 6.61. The van der Waals surface area contributed by atoms with Crippen LogP contribution in [-0.2, 0) is 24.2 Å². The number of halogens is 1. The molecular weight excluding hydrogens is 510 g/mol. The molecule has 0 atom stereocenters. The van der Waals surface area contributed by atoms with E-state index in [-0.39, 0.29) is 17.4 Å². The van der Waals surface area contributed by atoms with Crippen LogP contribution >= 0.6 is 11.6 Å². The molecule has 2 heterocycles. The Morgan fingerprint density at radius 2 is 1.87 bits per heavy atom. The number of benzene rings is 2. The van der Waals surface area contributed by atoms with E-state index >= 15 is 0 Å². The van der Waals surface area contributed by atoms with Gasteiger partial charge in [0.1, 0.15) is 22.9 Å². The Bertz CT molecular complexity index is 1270. The first-order valence-corrected chi connectivity index (χ1v) is 12.6. The fourth-order valence-corrected chi connectivity index (χ4v) is 4.60. The second kappa shape index (κ2) is 12.7. The highest BCUT2D eigenvalue weighted by Crippen LogP contribution is 2.33. The van der Waals surface area contributed by atoms with Crippen molar-refractivity contribution in [3.63, 3.8) is 0 Å². The molecule has 1 aliphatic heterocycles. The fraction of sp³-hybridized carbons (Fsp3) is 0.370. The summed E-state index contributed by atoms with van der Waals surface area (Å²) in [6.07, 6.45) is 0.810. The predicted molar refractivity (Wildman–Crippen MR) is 146 cm³/mol. The second-order valence-corrected chi connectivity index (χ2v) is 9.00. The van der Waals surface area contributed by atoms with Gasteiger partial charge in [-0.25, -0.2) is 0 Å². The van der Waals surface area contributed by atoms with E-state index in [1.54, 1.807) is 33.5 Å². The molecule has 4 rings (SSSR count). The molecule has 1 aromatic heterocycles. The van der Waals surface area contributed by atoms with E-state index in [1.165, 1.54) is 12.7 Å².